The SMILES string of the molecule is Cc1ccc(NC(C)c2nccn2C)cc1F. The van der Waals surface area contributed by atoms with Gasteiger partial charge in [0, 0.05) is 25.1 Å². The van der Waals surface area contributed by atoms with Gasteiger partial charge in [-0.25, -0.2) is 9.37 Å². The molecule has 1 aromatic carbocycles. The number of imidazole rings is 1. The largest absolute Gasteiger partial charge is 0.375 e. The van der Waals surface area contributed by atoms with Crippen molar-refractivity contribution in [2.45, 2.75) is 19.9 Å². The molecule has 1 heterocycles. The highest BCUT2D eigenvalue weighted by Gasteiger charge is 2.10. The number of aromatic nitrogens is 2. The van der Waals surface area contributed by atoms with E-state index in [-0.39, 0.29) is 11.9 Å². The van der Waals surface area contributed by atoms with Crippen molar-refractivity contribution in [1.29, 1.82) is 0 Å². The molecule has 90 valence electrons. The third-order valence-corrected chi connectivity index (χ3v) is 2.80. The molecule has 1 atom stereocenters. The van der Waals surface area contributed by atoms with Crippen molar-refractivity contribution in [3.05, 3.63) is 47.8 Å². The lowest BCUT2D eigenvalue weighted by atomic mass is 10.2. The molecule has 0 saturated carbocycles. The number of nitrogens with one attached hydrogen (secondary N) is 1. The number of hydrogen-bond acceptors (Lipinski definition) is 2. The van der Waals surface area contributed by atoms with Crippen LogP contribution in [0, 0.1) is 12.7 Å². The van der Waals surface area contributed by atoms with E-state index in [4.69, 9.17) is 0 Å². The Hall–Kier alpha value is -1.84. The molecule has 0 fully saturated rings. The van der Waals surface area contributed by atoms with Crippen LogP contribution in [0.1, 0.15) is 24.4 Å². The Morgan fingerprint density at radius 3 is 2.76 bits per heavy atom. The van der Waals surface area contributed by atoms with E-state index in [1.807, 2.05) is 30.8 Å². The predicted octanol–water partition coefficient (Wildman–Crippen LogP) is 3.04. The molecule has 0 radical (unpaired) electrons. The van der Waals surface area contributed by atoms with Crippen LogP contribution in [-0.4, -0.2) is 9.55 Å². The monoisotopic (exact) mass is 233 g/mol. The minimum Gasteiger partial charge on any atom is -0.375 e. The summed E-state index contributed by atoms with van der Waals surface area (Å²) < 4.78 is 15.3. The van der Waals surface area contributed by atoms with Gasteiger partial charge in [-0.1, -0.05) is 6.07 Å². The van der Waals surface area contributed by atoms with Crippen molar-refractivity contribution in [3.63, 3.8) is 0 Å². The van der Waals surface area contributed by atoms with Gasteiger partial charge in [-0.05, 0) is 31.5 Å². The van der Waals surface area contributed by atoms with E-state index in [1.54, 1.807) is 19.2 Å². The Kier molecular flexibility index (Phi) is 3.13. The number of rotatable bonds is 3. The van der Waals surface area contributed by atoms with Crippen LogP contribution in [-0.2, 0) is 7.05 Å². The van der Waals surface area contributed by atoms with Gasteiger partial charge in [0.25, 0.3) is 0 Å². The zero-order chi connectivity index (χ0) is 12.4. The molecule has 0 spiro atoms. The average molecular weight is 233 g/mol. The first-order chi connectivity index (χ1) is 8.08. The smallest absolute Gasteiger partial charge is 0.130 e. The highest BCUT2D eigenvalue weighted by Crippen LogP contribution is 2.19. The molecule has 0 bridgehead atoms. The molecule has 3 nitrogen and oxygen atoms in total. The molecule has 0 aliphatic rings. The lowest BCUT2D eigenvalue weighted by Crippen LogP contribution is -2.12. The molecule has 1 unspecified atom stereocenters. The first-order valence-electron chi connectivity index (χ1n) is 5.58. The maximum absolute atomic E-state index is 13.4. The van der Waals surface area contributed by atoms with E-state index >= 15 is 0 Å². The van der Waals surface area contributed by atoms with Crippen LogP contribution in [0.2, 0.25) is 0 Å². The molecule has 0 aliphatic heterocycles. The average Bonchev–Trinajstić information content (AvgIpc) is 2.70. The summed E-state index contributed by atoms with van der Waals surface area (Å²) in [7, 11) is 1.94. The maximum atomic E-state index is 13.4. The molecule has 0 aliphatic carbocycles. The topological polar surface area (TPSA) is 29.9 Å². The van der Waals surface area contributed by atoms with E-state index in [2.05, 4.69) is 10.3 Å². The van der Waals surface area contributed by atoms with Crippen molar-refractivity contribution in [2.75, 3.05) is 5.32 Å². The Labute approximate surface area is 100 Å². The summed E-state index contributed by atoms with van der Waals surface area (Å²) in [6, 6.07) is 5.19. The van der Waals surface area contributed by atoms with Gasteiger partial charge in [0.2, 0.25) is 0 Å². The van der Waals surface area contributed by atoms with Gasteiger partial charge in [0.05, 0.1) is 6.04 Å². The zero-order valence-corrected chi connectivity index (χ0v) is 10.2. The summed E-state index contributed by atoms with van der Waals surface area (Å²) in [5, 5.41) is 3.23. The van der Waals surface area contributed by atoms with Gasteiger partial charge in [-0.3, -0.25) is 0 Å². The molecule has 2 rings (SSSR count). The number of hydrogen-bond donors (Lipinski definition) is 1. The Morgan fingerprint density at radius 1 is 1.41 bits per heavy atom. The molecule has 2 aromatic rings. The highest BCUT2D eigenvalue weighted by atomic mass is 19.1. The summed E-state index contributed by atoms with van der Waals surface area (Å²) >= 11 is 0. The number of anilines is 1. The molecule has 0 saturated heterocycles. The fraction of sp³-hybridized carbons (Fsp3) is 0.308. The first kappa shape index (κ1) is 11.6. The fourth-order valence-corrected chi connectivity index (χ4v) is 1.79. The Morgan fingerprint density at radius 2 is 2.18 bits per heavy atom. The molecule has 1 aromatic heterocycles. The van der Waals surface area contributed by atoms with E-state index in [9.17, 15) is 4.39 Å². The predicted molar refractivity (Wildman–Crippen MR) is 66.4 cm³/mol. The zero-order valence-electron chi connectivity index (χ0n) is 10.2. The number of benzene rings is 1. The van der Waals surface area contributed by atoms with Crippen molar-refractivity contribution in [2.24, 2.45) is 7.05 Å². The summed E-state index contributed by atoms with van der Waals surface area (Å²) in [6.45, 7) is 3.75. The molecular formula is C13H16FN3. The van der Waals surface area contributed by atoms with Crippen LogP contribution < -0.4 is 5.32 Å². The summed E-state index contributed by atoms with van der Waals surface area (Å²) in [4.78, 5) is 4.26. The van der Waals surface area contributed by atoms with Crippen LogP contribution in [0.25, 0.3) is 0 Å². The second-order valence-corrected chi connectivity index (χ2v) is 4.23. The maximum Gasteiger partial charge on any atom is 0.130 e. The summed E-state index contributed by atoms with van der Waals surface area (Å²) in [5.41, 5.74) is 1.42. The Balaban J connectivity index is 2.16. The van der Waals surface area contributed by atoms with E-state index in [0.29, 0.717) is 5.56 Å². The van der Waals surface area contributed by atoms with Gasteiger partial charge in [0.15, 0.2) is 0 Å². The van der Waals surface area contributed by atoms with Crippen molar-refractivity contribution >= 4 is 5.69 Å². The van der Waals surface area contributed by atoms with Crippen LogP contribution >= 0.6 is 0 Å². The van der Waals surface area contributed by atoms with E-state index < -0.39 is 0 Å². The third kappa shape index (κ3) is 2.46. The first-order valence-corrected chi connectivity index (χ1v) is 5.58. The molecule has 1 N–H and O–H groups in total. The second kappa shape index (κ2) is 4.57. The minimum absolute atomic E-state index is 0.0390. The van der Waals surface area contributed by atoms with Crippen LogP contribution in [0.5, 0.6) is 0 Å². The quantitative estimate of drug-likeness (QED) is 0.883. The number of nitrogens with zero attached hydrogens (tertiary/aromatic N) is 2. The molecule has 17 heavy (non-hydrogen) atoms. The lowest BCUT2D eigenvalue weighted by Gasteiger charge is -2.15. The molecular weight excluding hydrogens is 217 g/mol. The van der Waals surface area contributed by atoms with Gasteiger partial charge in [0.1, 0.15) is 11.6 Å². The highest BCUT2D eigenvalue weighted by molar-refractivity contribution is 5.46. The number of aryl methyl sites for hydroxylation is 2. The normalized spacial score (nSPS) is 12.5. The summed E-state index contributed by atoms with van der Waals surface area (Å²) in [6.07, 6.45) is 3.65. The van der Waals surface area contributed by atoms with Crippen LogP contribution in [0.3, 0.4) is 0 Å². The van der Waals surface area contributed by atoms with Crippen molar-refractivity contribution < 1.29 is 4.39 Å². The van der Waals surface area contributed by atoms with Gasteiger partial charge in [-0.15, -0.1) is 0 Å². The minimum atomic E-state index is -0.193. The van der Waals surface area contributed by atoms with Gasteiger partial charge >= 0.3 is 0 Å². The van der Waals surface area contributed by atoms with Crippen molar-refractivity contribution in [1.82, 2.24) is 9.55 Å². The fourth-order valence-electron chi connectivity index (χ4n) is 1.79. The summed E-state index contributed by atoms with van der Waals surface area (Å²) in [5.74, 6) is 0.730. The standard InChI is InChI=1S/C13H16FN3/c1-9-4-5-11(8-12(9)14)16-10(2)13-15-6-7-17(13)3/h4-8,10,16H,1-3H3. The molecule has 0 amide bonds. The number of halogens is 1. The lowest BCUT2D eigenvalue weighted by molar-refractivity contribution is 0.618. The third-order valence-electron chi connectivity index (χ3n) is 2.80. The van der Waals surface area contributed by atoms with Crippen LogP contribution in [0.15, 0.2) is 30.6 Å². The van der Waals surface area contributed by atoms with E-state index in [1.165, 1.54) is 6.07 Å². The van der Waals surface area contributed by atoms with Crippen LogP contribution in [0.4, 0.5) is 10.1 Å². The van der Waals surface area contributed by atoms with Gasteiger partial charge < -0.3 is 9.88 Å². The second-order valence-electron chi connectivity index (χ2n) is 4.23. The molecule has 4 heteroatoms. The van der Waals surface area contributed by atoms with E-state index in [0.717, 1.165) is 11.5 Å². The van der Waals surface area contributed by atoms with Gasteiger partial charge in [-0.2, -0.15) is 0 Å². The van der Waals surface area contributed by atoms with Crippen molar-refractivity contribution in [3.8, 4) is 0 Å². The Bertz CT molecular complexity index is 519.